The normalized spacial score (nSPS) is 11.8. The molecule has 164 valence electrons. The summed E-state index contributed by atoms with van der Waals surface area (Å²) < 4.78 is 16.1. The van der Waals surface area contributed by atoms with Crippen molar-refractivity contribution in [1.82, 2.24) is 10.1 Å². The Labute approximate surface area is 185 Å². The molecule has 2 aromatic heterocycles. The Hall–Kier alpha value is -2.42. The van der Waals surface area contributed by atoms with Gasteiger partial charge in [0.25, 0.3) is 0 Å². The van der Waals surface area contributed by atoms with Crippen LogP contribution < -0.4 is 4.90 Å². The van der Waals surface area contributed by atoms with Gasteiger partial charge in [0.15, 0.2) is 11.6 Å². The van der Waals surface area contributed by atoms with Crippen LogP contribution in [0.15, 0.2) is 28.9 Å². The van der Waals surface area contributed by atoms with Crippen LogP contribution in [0.2, 0.25) is 0 Å². The number of anilines is 1. The van der Waals surface area contributed by atoms with E-state index in [4.69, 9.17) is 14.0 Å². The van der Waals surface area contributed by atoms with Gasteiger partial charge in [0.05, 0.1) is 24.5 Å². The SMILES string of the molecule is CC(C)(C)COC(=O)N(C(=O)OCC(C)(C)C)c1ncccc1-c1cc(CBr)no1. The van der Waals surface area contributed by atoms with E-state index in [0.29, 0.717) is 22.3 Å². The van der Waals surface area contributed by atoms with Crippen LogP contribution in [-0.4, -0.2) is 35.5 Å². The third-order valence-corrected chi connectivity index (χ3v) is 4.16. The van der Waals surface area contributed by atoms with Crippen molar-refractivity contribution in [2.24, 2.45) is 10.8 Å². The molecule has 0 fully saturated rings. The first-order valence-corrected chi connectivity index (χ1v) is 10.6. The average molecular weight is 482 g/mol. The van der Waals surface area contributed by atoms with Gasteiger partial charge in [-0.3, -0.25) is 0 Å². The highest BCUT2D eigenvalue weighted by Crippen LogP contribution is 2.31. The van der Waals surface area contributed by atoms with Gasteiger partial charge in [-0.15, -0.1) is 0 Å². The lowest BCUT2D eigenvalue weighted by molar-refractivity contribution is 0.0953. The molecule has 9 heteroatoms. The summed E-state index contributed by atoms with van der Waals surface area (Å²) in [5, 5.41) is 4.44. The molecular formula is C21H28BrN3O5. The van der Waals surface area contributed by atoms with E-state index in [9.17, 15) is 9.59 Å². The molecule has 0 unspecified atom stereocenters. The van der Waals surface area contributed by atoms with Gasteiger partial charge in [-0.25, -0.2) is 14.6 Å². The summed E-state index contributed by atoms with van der Waals surface area (Å²) in [4.78, 5) is 30.9. The van der Waals surface area contributed by atoms with Gasteiger partial charge in [-0.2, -0.15) is 4.90 Å². The monoisotopic (exact) mass is 481 g/mol. The Morgan fingerprint density at radius 3 is 2.10 bits per heavy atom. The molecule has 30 heavy (non-hydrogen) atoms. The number of pyridine rings is 1. The minimum absolute atomic E-state index is 0.0487. The molecule has 2 amide bonds. The third-order valence-electron chi connectivity index (χ3n) is 3.58. The van der Waals surface area contributed by atoms with Crippen LogP contribution in [0, 0.1) is 10.8 Å². The standard InChI is InChI=1S/C21H28BrN3O5/c1-20(2,3)12-28-18(26)25(19(27)29-13-21(4,5)6)17-15(8-7-9-23-17)16-10-14(11-22)24-30-16/h7-10H,11-13H2,1-6H3. The first-order valence-electron chi connectivity index (χ1n) is 9.52. The van der Waals surface area contributed by atoms with Crippen molar-refractivity contribution in [1.29, 1.82) is 0 Å². The van der Waals surface area contributed by atoms with Crippen LogP contribution in [-0.2, 0) is 14.8 Å². The fraction of sp³-hybridized carbons (Fsp3) is 0.524. The molecule has 0 atom stereocenters. The lowest BCUT2D eigenvalue weighted by Gasteiger charge is -2.25. The number of carbonyl (C=O) groups excluding carboxylic acids is 2. The number of alkyl halides is 1. The number of nitrogens with zero attached hydrogens (tertiary/aromatic N) is 3. The van der Waals surface area contributed by atoms with E-state index in [-0.39, 0.29) is 29.9 Å². The van der Waals surface area contributed by atoms with Crippen LogP contribution in [0.1, 0.15) is 47.2 Å². The quantitative estimate of drug-likeness (QED) is 0.497. The predicted molar refractivity (Wildman–Crippen MR) is 116 cm³/mol. The molecule has 0 N–H and O–H groups in total. The average Bonchev–Trinajstić information content (AvgIpc) is 3.13. The van der Waals surface area contributed by atoms with E-state index >= 15 is 0 Å². The van der Waals surface area contributed by atoms with Crippen molar-refractivity contribution in [3.8, 4) is 11.3 Å². The second-order valence-electron chi connectivity index (χ2n) is 9.26. The lowest BCUT2D eigenvalue weighted by Crippen LogP contribution is -2.41. The van der Waals surface area contributed by atoms with Gasteiger partial charge in [0, 0.05) is 17.6 Å². The molecule has 0 aliphatic carbocycles. The number of hydrogen-bond donors (Lipinski definition) is 0. The van der Waals surface area contributed by atoms with E-state index in [1.807, 2.05) is 41.5 Å². The van der Waals surface area contributed by atoms with E-state index in [2.05, 4.69) is 26.1 Å². The molecule has 2 heterocycles. The molecular weight excluding hydrogens is 454 g/mol. The maximum Gasteiger partial charge on any atom is 0.425 e. The largest absolute Gasteiger partial charge is 0.448 e. The summed E-state index contributed by atoms with van der Waals surface area (Å²) >= 11 is 3.32. The molecule has 0 aliphatic heterocycles. The fourth-order valence-corrected chi connectivity index (χ4v) is 2.47. The van der Waals surface area contributed by atoms with Crippen LogP contribution in [0.4, 0.5) is 15.4 Å². The summed E-state index contributed by atoms with van der Waals surface area (Å²) in [5.74, 6) is 0.414. The number of ether oxygens (including phenoxy) is 2. The Bertz CT molecular complexity index is 853. The third kappa shape index (κ3) is 6.83. The second-order valence-corrected chi connectivity index (χ2v) is 9.82. The fourth-order valence-electron chi connectivity index (χ4n) is 2.20. The Morgan fingerprint density at radius 1 is 1.07 bits per heavy atom. The minimum atomic E-state index is -0.871. The molecule has 2 aromatic rings. The van der Waals surface area contributed by atoms with E-state index in [1.54, 1.807) is 18.2 Å². The van der Waals surface area contributed by atoms with Gasteiger partial charge in [-0.05, 0) is 23.0 Å². The number of carbonyl (C=O) groups is 2. The number of imide groups is 1. The Balaban J connectivity index is 2.43. The molecule has 8 nitrogen and oxygen atoms in total. The topological polar surface area (TPSA) is 94.8 Å². The van der Waals surface area contributed by atoms with Crippen molar-refractivity contribution < 1.29 is 23.6 Å². The van der Waals surface area contributed by atoms with E-state index < -0.39 is 12.2 Å². The molecule has 0 radical (unpaired) electrons. The van der Waals surface area contributed by atoms with Crippen molar-refractivity contribution in [3.05, 3.63) is 30.1 Å². The number of halogens is 1. The van der Waals surface area contributed by atoms with Gasteiger partial charge < -0.3 is 14.0 Å². The zero-order chi connectivity index (χ0) is 22.5. The van der Waals surface area contributed by atoms with E-state index in [1.165, 1.54) is 6.20 Å². The summed E-state index contributed by atoms with van der Waals surface area (Å²) in [6.07, 6.45) is -0.269. The highest BCUT2D eigenvalue weighted by Gasteiger charge is 2.33. The zero-order valence-corrected chi connectivity index (χ0v) is 19.8. The maximum absolute atomic E-state index is 12.9. The summed E-state index contributed by atoms with van der Waals surface area (Å²) in [6, 6.07) is 5.06. The molecule has 0 bridgehead atoms. The van der Waals surface area contributed by atoms with Crippen molar-refractivity contribution >= 4 is 33.9 Å². The van der Waals surface area contributed by atoms with Crippen LogP contribution in [0.3, 0.4) is 0 Å². The van der Waals surface area contributed by atoms with Gasteiger partial charge in [0.1, 0.15) is 0 Å². The summed E-state index contributed by atoms with van der Waals surface area (Å²) in [5.41, 5.74) is 0.521. The highest BCUT2D eigenvalue weighted by atomic mass is 79.9. The number of aromatic nitrogens is 2. The molecule has 0 saturated heterocycles. The van der Waals surface area contributed by atoms with E-state index in [0.717, 1.165) is 4.90 Å². The summed E-state index contributed by atoms with van der Waals surface area (Å²) in [7, 11) is 0. The van der Waals surface area contributed by atoms with Gasteiger partial charge >= 0.3 is 12.2 Å². The minimum Gasteiger partial charge on any atom is -0.448 e. The van der Waals surface area contributed by atoms with Crippen molar-refractivity contribution in [2.75, 3.05) is 18.1 Å². The predicted octanol–water partition coefficient (Wildman–Crippen LogP) is 5.80. The number of rotatable bonds is 5. The molecule has 0 aromatic carbocycles. The number of hydrogen-bond acceptors (Lipinski definition) is 7. The molecule has 2 rings (SSSR count). The van der Waals surface area contributed by atoms with Gasteiger partial charge in [0.2, 0.25) is 0 Å². The second kappa shape index (κ2) is 9.59. The molecule has 0 aliphatic rings. The lowest BCUT2D eigenvalue weighted by atomic mass is 9.99. The van der Waals surface area contributed by atoms with Gasteiger partial charge in [-0.1, -0.05) is 62.6 Å². The smallest absolute Gasteiger partial charge is 0.425 e. The van der Waals surface area contributed by atoms with Crippen LogP contribution in [0.5, 0.6) is 0 Å². The van der Waals surface area contributed by atoms with Crippen LogP contribution >= 0.6 is 15.9 Å². The Kier molecular flexibility index (Phi) is 7.63. The summed E-state index contributed by atoms with van der Waals surface area (Å²) in [6.45, 7) is 11.8. The Morgan fingerprint density at radius 2 is 1.63 bits per heavy atom. The van der Waals surface area contributed by atoms with Crippen molar-refractivity contribution in [2.45, 2.75) is 46.9 Å². The highest BCUT2D eigenvalue weighted by molar-refractivity contribution is 9.08. The maximum atomic E-state index is 12.9. The zero-order valence-electron chi connectivity index (χ0n) is 18.2. The molecule has 0 saturated carbocycles. The van der Waals surface area contributed by atoms with Crippen LogP contribution in [0.25, 0.3) is 11.3 Å². The number of amides is 2. The molecule has 0 spiro atoms. The van der Waals surface area contributed by atoms with Crippen molar-refractivity contribution in [3.63, 3.8) is 0 Å². The first kappa shape index (κ1) is 23.9. The first-order chi connectivity index (χ1) is 13.9.